The molecule has 1 fully saturated rings. The summed E-state index contributed by atoms with van der Waals surface area (Å²) in [6.45, 7) is 3.73. The standard InChI is InChI=1S/C14H18N4O3/c1-2-20-13-6-5-12-16-11(9-18(12)17-13)14(19)15-8-10-4-3-7-21-10/h5-6,9-10H,2-4,7-8H2,1H3,(H,15,19). The molecule has 7 nitrogen and oxygen atoms in total. The fraction of sp³-hybridized carbons (Fsp3) is 0.500. The molecule has 3 rings (SSSR count). The molecular weight excluding hydrogens is 272 g/mol. The van der Waals surface area contributed by atoms with Crippen molar-refractivity contribution in [2.45, 2.75) is 25.9 Å². The van der Waals surface area contributed by atoms with Crippen molar-refractivity contribution in [1.82, 2.24) is 19.9 Å². The van der Waals surface area contributed by atoms with Gasteiger partial charge in [-0.1, -0.05) is 0 Å². The quantitative estimate of drug-likeness (QED) is 0.890. The molecule has 7 heteroatoms. The van der Waals surface area contributed by atoms with Crippen LogP contribution in [-0.4, -0.2) is 46.4 Å². The third-order valence-electron chi connectivity index (χ3n) is 3.33. The minimum absolute atomic E-state index is 0.119. The van der Waals surface area contributed by atoms with E-state index in [-0.39, 0.29) is 12.0 Å². The zero-order chi connectivity index (χ0) is 14.7. The number of aromatic nitrogens is 3. The summed E-state index contributed by atoms with van der Waals surface area (Å²) in [5.74, 6) is 0.294. The number of ether oxygens (including phenoxy) is 2. The zero-order valence-electron chi connectivity index (χ0n) is 11.9. The van der Waals surface area contributed by atoms with Gasteiger partial charge in [-0.25, -0.2) is 9.50 Å². The summed E-state index contributed by atoms with van der Waals surface area (Å²) in [4.78, 5) is 16.3. The molecule has 2 aromatic rings. The van der Waals surface area contributed by atoms with Crippen LogP contribution >= 0.6 is 0 Å². The lowest BCUT2D eigenvalue weighted by molar-refractivity contribution is 0.0854. The highest BCUT2D eigenvalue weighted by Crippen LogP contribution is 2.12. The van der Waals surface area contributed by atoms with Crippen molar-refractivity contribution in [3.63, 3.8) is 0 Å². The highest BCUT2D eigenvalue weighted by molar-refractivity contribution is 5.92. The molecule has 0 aromatic carbocycles. The van der Waals surface area contributed by atoms with Crippen LogP contribution in [0.3, 0.4) is 0 Å². The molecule has 1 N–H and O–H groups in total. The molecular formula is C14H18N4O3. The van der Waals surface area contributed by atoms with Gasteiger partial charge in [-0.2, -0.15) is 0 Å². The summed E-state index contributed by atoms with van der Waals surface area (Å²) in [6, 6.07) is 3.51. The van der Waals surface area contributed by atoms with Gasteiger partial charge in [0, 0.05) is 19.2 Å². The van der Waals surface area contributed by atoms with E-state index in [4.69, 9.17) is 9.47 Å². The van der Waals surface area contributed by atoms with Crippen molar-refractivity contribution >= 4 is 11.6 Å². The van der Waals surface area contributed by atoms with Gasteiger partial charge in [-0.3, -0.25) is 4.79 Å². The van der Waals surface area contributed by atoms with E-state index in [1.165, 1.54) is 0 Å². The van der Waals surface area contributed by atoms with Gasteiger partial charge in [0.05, 0.1) is 18.9 Å². The summed E-state index contributed by atoms with van der Waals surface area (Å²) in [7, 11) is 0. The monoisotopic (exact) mass is 290 g/mol. The van der Waals surface area contributed by atoms with Crippen molar-refractivity contribution in [2.75, 3.05) is 19.8 Å². The van der Waals surface area contributed by atoms with E-state index in [0.29, 0.717) is 30.4 Å². The second-order valence-corrected chi connectivity index (χ2v) is 4.88. The molecule has 112 valence electrons. The predicted molar refractivity (Wildman–Crippen MR) is 75.5 cm³/mol. The maximum atomic E-state index is 12.1. The summed E-state index contributed by atoms with van der Waals surface area (Å²) < 4.78 is 12.3. The van der Waals surface area contributed by atoms with Crippen LogP contribution in [0, 0.1) is 0 Å². The SMILES string of the molecule is CCOc1ccc2nc(C(=O)NCC3CCCO3)cn2n1. The first kappa shape index (κ1) is 13.8. The van der Waals surface area contributed by atoms with E-state index in [0.717, 1.165) is 19.4 Å². The molecule has 0 bridgehead atoms. The average molecular weight is 290 g/mol. The Morgan fingerprint density at radius 3 is 3.24 bits per heavy atom. The van der Waals surface area contributed by atoms with Crippen molar-refractivity contribution in [1.29, 1.82) is 0 Å². The number of amides is 1. The lowest BCUT2D eigenvalue weighted by atomic mass is 10.2. The van der Waals surface area contributed by atoms with Crippen LogP contribution in [0.1, 0.15) is 30.3 Å². The van der Waals surface area contributed by atoms with Crippen LogP contribution in [-0.2, 0) is 4.74 Å². The number of nitrogens with zero attached hydrogens (tertiary/aromatic N) is 3. The number of imidazole rings is 1. The normalized spacial score (nSPS) is 18.0. The first-order chi connectivity index (χ1) is 10.3. The molecule has 1 unspecified atom stereocenters. The first-order valence-corrected chi connectivity index (χ1v) is 7.15. The minimum Gasteiger partial charge on any atom is -0.477 e. The Morgan fingerprint density at radius 1 is 1.57 bits per heavy atom. The maximum Gasteiger partial charge on any atom is 0.271 e. The first-order valence-electron chi connectivity index (χ1n) is 7.15. The number of nitrogens with one attached hydrogen (secondary N) is 1. The third kappa shape index (κ3) is 3.13. The zero-order valence-corrected chi connectivity index (χ0v) is 11.9. The number of fused-ring (bicyclic) bond motifs is 1. The van der Waals surface area contributed by atoms with Crippen LogP contribution in [0.2, 0.25) is 0 Å². The molecule has 1 aliphatic rings. The molecule has 1 amide bonds. The number of rotatable bonds is 5. The van der Waals surface area contributed by atoms with Crippen LogP contribution in [0.15, 0.2) is 18.3 Å². The van der Waals surface area contributed by atoms with Gasteiger partial charge in [-0.05, 0) is 25.8 Å². The van der Waals surface area contributed by atoms with Crippen molar-refractivity contribution in [2.24, 2.45) is 0 Å². The van der Waals surface area contributed by atoms with E-state index in [1.54, 1.807) is 22.8 Å². The molecule has 1 saturated heterocycles. The van der Waals surface area contributed by atoms with Gasteiger partial charge in [0.1, 0.15) is 5.69 Å². The average Bonchev–Trinajstić information content (AvgIpc) is 3.13. The van der Waals surface area contributed by atoms with E-state index < -0.39 is 0 Å². The molecule has 1 aliphatic heterocycles. The van der Waals surface area contributed by atoms with Crippen molar-refractivity contribution < 1.29 is 14.3 Å². The maximum absolute atomic E-state index is 12.1. The second-order valence-electron chi connectivity index (χ2n) is 4.88. The Hall–Kier alpha value is -2.15. The fourth-order valence-electron chi connectivity index (χ4n) is 2.30. The number of hydrogen-bond donors (Lipinski definition) is 1. The van der Waals surface area contributed by atoms with Crippen molar-refractivity contribution in [3.05, 3.63) is 24.0 Å². The summed E-state index contributed by atoms with van der Waals surface area (Å²) in [5, 5.41) is 7.08. The number of hydrogen-bond acceptors (Lipinski definition) is 5. The molecule has 0 saturated carbocycles. The molecule has 3 heterocycles. The Morgan fingerprint density at radius 2 is 2.48 bits per heavy atom. The van der Waals surface area contributed by atoms with Gasteiger partial charge in [0.2, 0.25) is 5.88 Å². The van der Waals surface area contributed by atoms with Gasteiger partial charge in [0.25, 0.3) is 5.91 Å². The fourth-order valence-corrected chi connectivity index (χ4v) is 2.30. The minimum atomic E-state index is -0.214. The highest BCUT2D eigenvalue weighted by Gasteiger charge is 2.18. The lowest BCUT2D eigenvalue weighted by Gasteiger charge is -2.09. The smallest absolute Gasteiger partial charge is 0.271 e. The summed E-state index contributed by atoms with van der Waals surface area (Å²) >= 11 is 0. The van der Waals surface area contributed by atoms with E-state index in [1.807, 2.05) is 6.92 Å². The molecule has 0 radical (unpaired) electrons. The van der Waals surface area contributed by atoms with Crippen LogP contribution in [0.5, 0.6) is 5.88 Å². The largest absolute Gasteiger partial charge is 0.477 e. The van der Waals surface area contributed by atoms with E-state index in [2.05, 4.69) is 15.4 Å². The van der Waals surface area contributed by atoms with E-state index >= 15 is 0 Å². The second kappa shape index (κ2) is 6.09. The van der Waals surface area contributed by atoms with E-state index in [9.17, 15) is 4.79 Å². The number of carbonyl (C=O) groups excluding carboxylic acids is 1. The third-order valence-corrected chi connectivity index (χ3v) is 3.33. The Labute approximate surface area is 122 Å². The molecule has 1 atom stereocenters. The summed E-state index contributed by atoms with van der Waals surface area (Å²) in [6.07, 6.45) is 3.76. The van der Waals surface area contributed by atoms with Crippen LogP contribution in [0.4, 0.5) is 0 Å². The lowest BCUT2D eigenvalue weighted by Crippen LogP contribution is -2.31. The van der Waals surface area contributed by atoms with Gasteiger partial charge < -0.3 is 14.8 Å². The molecule has 0 spiro atoms. The van der Waals surface area contributed by atoms with Crippen molar-refractivity contribution in [3.8, 4) is 5.88 Å². The topological polar surface area (TPSA) is 77.8 Å². The molecule has 0 aliphatic carbocycles. The predicted octanol–water partition coefficient (Wildman–Crippen LogP) is 1.04. The molecule has 21 heavy (non-hydrogen) atoms. The van der Waals surface area contributed by atoms with Gasteiger partial charge >= 0.3 is 0 Å². The Kier molecular flexibility index (Phi) is 4.01. The molecule has 2 aromatic heterocycles. The van der Waals surface area contributed by atoms with Crippen LogP contribution in [0.25, 0.3) is 5.65 Å². The highest BCUT2D eigenvalue weighted by atomic mass is 16.5. The Bertz CT molecular complexity index is 634. The van der Waals surface area contributed by atoms with Gasteiger partial charge in [0.15, 0.2) is 5.65 Å². The Balaban J connectivity index is 1.69. The number of carbonyl (C=O) groups is 1. The summed E-state index contributed by atoms with van der Waals surface area (Å²) in [5.41, 5.74) is 0.954. The van der Waals surface area contributed by atoms with Gasteiger partial charge in [-0.15, -0.1) is 5.10 Å². The van der Waals surface area contributed by atoms with Crippen LogP contribution < -0.4 is 10.1 Å².